The molecule has 0 heterocycles. The van der Waals surface area contributed by atoms with Gasteiger partial charge in [0.2, 0.25) is 5.91 Å². The van der Waals surface area contributed by atoms with Crippen LogP contribution in [-0.2, 0) is 9.53 Å². The van der Waals surface area contributed by atoms with Gasteiger partial charge in [-0.05, 0) is 12.0 Å². The number of carbonyl (C=O) groups is 1. The first-order valence-corrected chi connectivity index (χ1v) is 5.78. The molecule has 17 heavy (non-hydrogen) atoms. The Bertz CT molecular complexity index is 301. The lowest BCUT2D eigenvalue weighted by atomic mass is 10.0. The van der Waals surface area contributed by atoms with Gasteiger partial charge in [0, 0.05) is 13.5 Å². The van der Waals surface area contributed by atoms with E-state index in [9.17, 15) is 4.79 Å². The molecule has 0 aromatic heterocycles. The Labute approximate surface area is 103 Å². The Hall–Kier alpha value is -1.39. The van der Waals surface area contributed by atoms with Crippen molar-refractivity contribution >= 4 is 5.91 Å². The maximum Gasteiger partial charge on any atom is 0.243 e. The summed E-state index contributed by atoms with van der Waals surface area (Å²) >= 11 is 0. The molecular weight excluding hydrogens is 218 g/mol. The molecule has 1 amide bonds. The second-order valence-corrected chi connectivity index (χ2v) is 3.21. The van der Waals surface area contributed by atoms with Gasteiger partial charge < -0.3 is 4.74 Å². The largest absolute Gasteiger partial charge is 0.377 e. The van der Waals surface area contributed by atoms with Crippen LogP contribution in [0, 0.1) is 0 Å². The number of rotatable bonds is 5. The molecule has 1 aromatic carbocycles. The minimum atomic E-state index is -0.395. The monoisotopic (exact) mass is 239 g/mol. The molecule has 0 radical (unpaired) electrons. The summed E-state index contributed by atoms with van der Waals surface area (Å²) in [7, 11) is 1.61. The summed E-state index contributed by atoms with van der Waals surface area (Å²) in [4.78, 5) is 10.8. The summed E-state index contributed by atoms with van der Waals surface area (Å²) in [6.45, 7) is 4.00. The van der Waals surface area contributed by atoms with E-state index in [1.165, 1.54) is 0 Å². The van der Waals surface area contributed by atoms with E-state index < -0.39 is 5.91 Å². The predicted molar refractivity (Wildman–Crippen MR) is 66.7 cm³/mol. The Balaban J connectivity index is 0.00000121. The number of carbonyl (C=O) groups excluding carboxylic acids is 1. The molecule has 96 valence electrons. The number of hydrogen-bond acceptors (Lipinski definition) is 3. The highest BCUT2D eigenvalue weighted by molar-refractivity contribution is 5.74. The summed E-state index contributed by atoms with van der Waals surface area (Å²) in [5.74, 6) is -0.395. The fourth-order valence-electron chi connectivity index (χ4n) is 1.41. The first kappa shape index (κ1) is 15.6. The van der Waals surface area contributed by atoms with Crippen molar-refractivity contribution in [1.29, 1.82) is 0 Å². The molecule has 1 atom stereocenters. The maximum absolute atomic E-state index is 10.8. The van der Waals surface area contributed by atoms with Crippen LogP contribution < -0.4 is 5.48 Å². The molecule has 0 aliphatic rings. The number of amides is 1. The molecule has 0 aliphatic heterocycles. The molecule has 0 aliphatic carbocycles. The normalized spacial score (nSPS) is 11.1. The van der Waals surface area contributed by atoms with E-state index in [4.69, 9.17) is 9.94 Å². The van der Waals surface area contributed by atoms with Crippen LogP contribution in [0.4, 0.5) is 0 Å². The van der Waals surface area contributed by atoms with Gasteiger partial charge in [0.05, 0.1) is 6.10 Å². The van der Waals surface area contributed by atoms with Gasteiger partial charge in [-0.1, -0.05) is 44.2 Å². The van der Waals surface area contributed by atoms with Crippen molar-refractivity contribution in [3.8, 4) is 0 Å². The van der Waals surface area contributed by atoms with E-state index in [1.54, 1.807) is 12.6 Å². The number of nitrogens with one attached hydrogen (secondary N) is 1. The van der Waals surface area contributed by atoms with E-state index in [2.05, 4.69) is 0 Å². The van der Waals surface area contributed by atoms with Crippen LogP contribution in [0.1, 0.15) is 38.4 Å². The smallest absolute Gasteiger partial charge is 0.243 e. The van der Waals surface area contributed by atoms with Gasteiger partial charge in [-0.15, -0.1) is 0 Å². The average Bonchev–Trinajstić information content (AvgIpc) is 2.42. The standard InChI is InChI=1S/C11H15NO3.C2H6/c1-15-10(7-8-11(13)12-14)9-5-3-2-4-6-9;1-2/h2-6,10,14H,7-8H2,1H3,(H,12,13);1-2H3. The van der Waals surface area contributed by atoms with E-state index in [1.807, 2.05) is 44.2 Å². The molecule has 0 saturated heterocycles. The van der Waals surface area contributed by atoms with Gasteiger partial charge >= 0.3 is 0 Å². The number of benzene rings is 1. The summed E-state index contributed by atoms with van der Waals surface area (Å²) in [6, 6.07) is 9.67. The Kier molecular flexibility index (Phi) is 9.01. The maximum atomic E-state index is 10.8. The molecule has 4 nitrogen and oxygen atoms in total. The van der Waals surface area contributed by atoms with Gasteiger partial charge in [-0.2, -0.15) is 0 Å². The van der Waals surface area contributed by atoms with Gasteiger partial charge in [0.25, 0.3) is 0 Å². The number of methoxy groups -OCH3 is 1. The topological polar surface area (TPSA) is 58.6 Å². The van der Waals surface area contributed by atoms with Gasteiger partial charge in [0.15, 0.2) is 0 Å². The zero-order valence-electron chi connectivity index (χ0n) is 10.6. The van der Waals surface area contributed by atoms with Crippen LogP contribution in [0.25, 0.3) is 0 Å². The first-order chi connectivity index (χ1) is 8.27. The van der Waals surface area contributed by atoms with Crippen LogP contribution in [-0.4, -0.2) is 18.2 Å². The Morgan fingerprint density at radius 2 is 1.94 bits per heavy atom. The third kappa shape index (κ3) is 6.04. The second-order valence-electron chi connectivity index (χ2n) is 3.21. The Morgan fingerprint density at radius 1 is 1.35 bits per heavy atom. The summed E-state index contributed by atoms with van der Waals surface area (Å²) in [5.41, 5.74) is 2.63. The van der Waals surface area contributed by atoms with Crippen LogP contribution in [0.2, 0.25) is 0 Å². The van der Waals surface area contributed by atoms with Crippen molar-refractivity contribution in [3.63, 3.8) is 0 Å². The molecule has 0 saturated carbocycles. The van der Waals surface area contributed by atoms with E-state index in [0.717, 1.165) is 5.56 Å². The summed E-state index contributed by atoms with van der Waals surface area (Å²) < 4.78 is 5.27. The molecule has 1 rings (SSSR count). The highest BCUT2D eigenvalue weighted by atomic mass is 16.5. The lowest BCUT2D eigenvalue weighted by molar-refractivity contribution is -0.129. The molecule has 0 spiro atoms. The lowest BCUT2D eigenvalue weighted by Gasteiger charge is -2.14. The molecule has 0 fully saturated rings. The van der Waals surface area contributed by atoms with Crippen molar-refractivity contribution < 1.29 is 14.7 Å². The van der Waals surface area contributed by atoms with Crippen molar-refractivity contribution in [2.24, 2.45) is 0 Å². The first-order valence-electron chi connectivity index (χ1n) is 5.78. The predicted octanol–water partition coefficient (Wildman–Crippen LogP) is 2.69. The fourth-order valence-corrected chi connectivity index (χ4v) is 1.41. The van der Waals surface area contributed by atoms with E-state index >= 15 is 0 Å². The summed E-state index contributed by atoms with van der Waals surface area (Å²) in [5, 5.41) is 8.35. The molecule has 1 aromatic rings. The van der Waals surface area contributed by atoms with E-state index in [-0.39, 0.29) is 12.5 Å². The van der Waals surface area contributed by atoms with Crippen LogP contribution in [0.3, 0.4) is 0 Å². The minimum absolute atomic E-state index is 0.108. The van der Waals surface area contributed by atoms with Crippen molar-refractivity contribution in [2.45, 2.75) is 32.8 Å². The molecular formula is C13H21NO3. The highest BCUT2D eigenvalue weighted by Gasteiger charge is 2.11. The van der Waals surface area contributed by atoms with Crippen LogP contribution in [0.5, 0.6) is 0 Å². The third-order valence-electron chi connectivity index (χ3n) is 2.21. The van der Waals surface area contributed by atoms with Crippen molar-refractivity contribution in [3.05, 3.63) is 35.9 Å². The van der Waals surface area contributed by atoms with Crippen LogP contribution >= 0.6 is 0 Å². The SMILES string of the molecule is CC.COC(CCC(=O)NO)c1ccccc1. The molecule has 1 unspecified atom stereocenters. The molecule has 2 N–H and O–H groups in total. The van der Waals surface area contributed by atoms with Crippen LogP contribution in [0.15, 0.2) is 30.3 Å². The van der Waals surface area contributed by atoms with Gasteiger partial charge in [-0.3, -0.25) is 10.0 Å². The zero-order chi connectivity index (χ0) is 13.1. The number of hydroxylamine groups is 1. The second kappa shape index (κ2) is 9.81. The zero-order valence-corrected chi connectivity index (χ0v) is 10.6. The highest BCUT2D eigenvalue weighted by Crippen LogP contribution is 2.21. The molecule has 0 bridgehead atoms. The number of ether oxygens (including phenoxy) is 1. The number of hydrogen-bond donors (Lipinski definition) is 2. The average molecular weight is 239 g/mol. The van der Waals surface area contributed by atoms with Gasteiger partial charge in [0.1, 0.15) is 0 Å². The van der Waals surface area contributed by atoms with E-state index in [0.29, 0.717) is 6.42 Å². The molecule has 4 heteroatoms. The van der Waals surface area contributed by atoms with Crippen molar-refractivity contribution in [1.82, 2.24) is 5.48 Å². The lowest BCUT2D eigenvalue weighted by Crippen LogP contribution is -2.19. The summed E-state index contributed by atoms with van der Waals surface area (Å²) in [6.07, 6.45) is 0.681. The Morgan fingerprint density at radius 3 is 2.41 bits per heavy atom. The fraction of sp³-hybridized carbons (Fsp3) is 0.462. The minimum Gasteiger partial charge on any atom is -0.377 e. The third-order valence-corrected chi connectivity index (χ3v) is 2.21. The van der Waals surface area contributed by atoms with Gasteiger partial charge in [-0.25, -0.2) is 5.48 Å². The quantitative estimate of drug-likeness (QED) is 0.613. The van der Waals surface area contributed by atoms with Crippen molar-refractivity contribution in [2.75, 3.05) is 7.11 Å².